The van der Waals surface area contributed by atoms with Crippen molar-refractivity contribution >= 4 is 18.3 Å². The van der Waals surface area contributed by atoms with Crippen LogP contribution < -0.4 is 5.73 Å². The van der Waals surface area contributed by atoms with Crippen LogP contribution in [0.3, 0.4) is 0 Å². The van der Waals surface area contributed by atoms with Gasteiger partial charge in [0.15, 0.2) is 0 Å². The van der Waals surface area contributed by atoms with Crippen LogP contribution in [0, 0.1) is 5.92 Å². The van der Waals surface area contributed by atoms with Crippen LogP contribution in [0.2, 0.25) is 0 Å². The highest BCUT2D eigenvalue weighted by molar-refractivity contribution is 5.94. The number of nitrogens with two attached hydrogens (primary N) is 1. The number of amides is 1. The minimum Gasteiger partial charge on any atom is -0.338 e. The molecule has 1 amide bonds. The molecule has 1 aromatic rings. The van der Waals surface area contributed by atoms with Crippen molar-refractivity contribution in [1.82, 2.24) is 4.90 Å². The van der Waals surface area contributed by atoms with E-state index in [-0.39, 0.29) is 24.4 Å². The van der Waals surface area contributed by atoms with E-state index >= 15 is 0 Å². The molecule has 2 N–H and O–H groups in total. The number of rotatable bonds is 3. The van der Waals surface area contributed by atoms with Crippen molar-refractivity contribution in [2.24, 2.45) is 11.7 Å². The third-order valence-electron chi connectivity index (χ3n) is 4.08. The Morgan fingerprint density at radius 2 is 1.85 bits per heavy atom. The molecule has 20 heavy (non-hydrogen) atoms. The Bertz CT molecular complexity index is 442. The third-order valence-corrected chi connectivity index (χ3v) is 4.08. The highest BCUT2D eigenvalue weighted by Crippen LogP contribution is 2.21. The summed E-state index contributed by atoms with van der Waals surface area (Å²) in [5.41, 5.74) is 7.97. The van der Waals surface area contributed by atoms with Gasteiger partial charge < -0.3 is 10.6 Å². The van der Waals surface area contributed by atoms with Gasteiger partial charge in [-0.25, -0.2) is 0 Å². The fraction of sp³-hybridized carbons (Fsp3) is 0.562. The Morgan fingerprint density at radius 3 is 2.30 bits per heavy atom. The number of hydrogen-bond acceptors (Lipinski definition) is 2. The topological polar surface area (TPSA) is 46.3 Å². The summed E-state index contributed by atoms with van der Waals surface area (Å²) in [6, 6.07) is 8.16. The van der Waals surface area contributed by atoms with Gasteiger partial charge in [-0.15, -0.1) is 12.4 Å². The monoisotopic (exact) mass is 296 g/mol. The van der Waals surface area contributed by atoms with Gasteiger partial charge in [-0.1, -0.05) is 26.0 Å². The first kappa shape index (κ1) is 17.0. The molecule has 0 saturated carbocycles. The lowest BCUT2D eigenvalue weighted by Crippen LogP contribution is -2.33. The number of halogens is 1. The lowest BCUT2D eigenvalue weighted by molar-refractivity contribution is 0.0786. The molecule has 0 aliphatic carbocycles. The maximum absolute atomic E-state index is 12.4. The largest absolute Gasteiger partial charge is 0.338 e. The second-order valence-corrected chi connectivity index (χ2v) is 5.94. The molecule has 0 radical (unpaired) electrons. The van der Waals surface area contributed by atoms with Gasteiger partial charge in [-0.2, -0.15) is 0 Å². The Kier molecular flexibility index (Phi) is 6.03. The summed E-state index contributed by atoms with van der Waals surface area (Å²) in [6.07, 6.45) is 1.02. The van der Waals surface area contributed by atoms with Crippen LogP contribution >= 0.6 is 12.4 Å². The van der Waals surface area contributed by atoms with Crippen LogP contribution in [0.1, 0.15) is 49.0 Å². The molecule has 1 saturated heterocycles. The molecular formula is C16H25ClN2O. The first-order valence-corrected chi connectivity index (χ1v) is 7.14. The lowest BCUT2D eigenvalue weighted by Gasteiger charge is -2.18. The second kappa shape index (κ2) is 7.09. The molecule has 3 nitrogen and oxygen atoms in total. The second-order valence-electron chi connectivity index (χ2n) is 5.94. The van der Waals surface area contributed by atoms with Gasteiger partial charge in [-0.05, 0) is 42.9 Å². The number of nitrogens with zero attached hydrogens (tertiary/aromatic N) is 1. The van der Waals surface area contributed by atoms with Crippen molar-refractivity contribution < 1.29 is 4.79 Å². The van der Waals surface area contributed by atoms with E-state index in [0.717, 1.165) is 25.1 Å². The van der Waals surface area contributed by atoms with E-state index in [1.807, 2.05) is 24.0 Å². The molecule has 1 aliphatic rings. The van der Waals surface area contributed by atoms with Crippen LogP contribution in [0.5, 0.6) is 0 Å². The molecule has 2 unspecified atom stereocenters. The van der Waals surface area contributed by atoms with Gasteiger partial charge in [0.25, 0.3) is 5.91 Å². The Labute approximate surface area is 127 Å². The molecule has 1 fully saturated rings. The number of benzene rings is 1. The van der Waals surface area contributed by atoms with E-state index < -0.39 is 0 Å². The zero-order valence-corrected chi connectivity index (χ0v) is 13.3. The van der Waals surface area contributed by atoms with Crippen LogP contribution in [-0.2, 0) is 0 Å². The molecule has 1 aliphatic heterocycles. The van der Waals surface area contributed by atoms with Gasteiger partial charge in [0, 0.05) is 24.7 Å². The van der Waals surface area contributed by atoms with E-state index in [4.69, 9.17) is 5.73 Å². The van der Waals surface area contributed by atoms with Gasteiger partial charge in [0.05, 0.1) is 0 Å². The summed E-state index contributed by atoms with van der Waals surface area (Å²) in [4.78, 5) is 14.3. The lowest BCUT2D eigenvalue weighted by atomic mass is 10.0. The summed E-state index contributed by atoms with van der Waals surface area (Å²) in [6.45, 7) is 7.96. The van der Waals surface area contributed by atoms with Crippen molar-refractivity contribution in [3.8, 4) is 0 Å². The highest BCUT2D eigenvalue weighted by atomic mass is 35.5. The fourth-order valence-corrected chi connectivity index (χ4v) is 2.59. The molecule has 112 valence electrons. The highest BCUT2D eigenvalue weighted by Gasteiger charge is 2.28. The van der Waals surface area contributed by atoms with E-state index in [1.54, 1.807) is 0 Å². The van der Waals surface area contributed by atoms with Crippen molar-refractivity contribution in [3.05, 3.63) is 35.4 Å². The van der Waals surface area contributed by atoms with Crippen LogP contribution in [0.15, 0.2) is 24.3 Å². The number of likely N-dealkylation sites (tertiary alicyclic amines) is 1. The predicted octanol–water partition coefficient (Wildman–Crippen LogP) is 3.04. The quantitative estimate of drug-likeness (QED) is 0.932. The Balaban J connectivity index is 0.00000200. The summed E-state index contributed by atoms with van der Waals surface area (Å²) in [5.74, 6) is 1.08. The van der Waals surface area contributed by atoms with Crippen LogP contribution in [-0.4, -0.2) is 29.9 Å². The number of carbonyl (C=O) groups is 1. The summed E-state index contributed by atoms with van der Waals surface area (Å²) in [7, 11) is 0. The molecule has 2 atom stereocenters. The van der Waals surface area contributed by atoms with Crippen molar-refractivity contribution in [3.63, 3.8) is 0 Å². The Morgan fingerprint density at radius 1 is 1.25 bits per heavy atom. The number of hydrogen-bond donors (Lipinski definition) is 1. The summed E-state index contributed by atoms with van der Waals surface area (Å²) >= 11 is 0. The van der Waals surface area contributed by atoms with Crippen LogP contribution in [0.25, 0.3) is 0 Å². The predicted molar refractivity (Wildman–Crippen MR) is 85.4 cm³/mol. The first-order chi connectivity index (χ1) is 8.99. The zero-order valence-electron chi connectivity index (χ0n) is 12.5. The Hall–Kier alpha value is -1.06. The average molecular weight is 297 g/mol. The standard InChI is InChI=1S/C16H24N2O.ClH/c1-11(2)13-4-6-14(7-5-13)16(19)18-9-8-15(10-18)12(3)17;/h4-7,11-12,15H,8-10,17H2,1-3H3;1H. The third kappa shape index (κ3) is 3.74. The smallest absolute Gasteiger partial charge is 0.253 e. The molecular weight excluding hydrogens is 272 g/mol. The SMILES string of the molecule is CC(C)c1ccc(C(=O)N2CCC(C(C)N)C2)cc1.Cl. The van der Waals surface area contributed by atoms with E-state index in [9.17, 15) is 4.79 Å². The van der Waals surface area contributed by atoms with E-state index in [0.29, 0.717) is 11.8 Å². The van der Waals surface area contributed by atoms with Crippen molar-refractivity contribution in [2.45, 2.75) is 39.2 Å². The van der Waals surface area contributed by atoms with Gasteiger partial charge in [0.1, 0.15) is 0 Å². The van der Waals surface area contributed by atoms with Gasteiger partial charge in [-0.3, -0.25) is 4.79 Å². The molecule has 4 heteroatoms. The minimum absolute atomic E-state index is 0. The van der Waals surface area contributed by atoms with E-state index in [1.165, 1.54) is 5.56 Å². The average Bonchev–Trinajstić information content (AvgIpc) is 2.87. The normalized spacial score (nSPS) is 19.9. The fourth-order valence-electron chi connectivity index (χ4n) is 2.59. The minimum atomic E-state index is 0. The maximum Gasteiger partial charge on any atom is 0.253 e. The molecule has 0 bridgehead atoms. The molecule has 0 spiro atoms. The first-order valence-electron chi connectivity index (χ1n) is 7.14. The van der Waals surface area contributed by atoms with Gasteiger partial charge >= 0.3 is 0 Å². The van der Waals surface area contributed by atoms with Gasteiger partial charge in [0.2, 0.25) is 0 Å². The number of carbonyl (C=O) groups excluding carboxylic acids is 1. The van der Waals surface area contributed by atoms with Crippen molar-refractivity contribution in [2.75, 3.05) is 13.1 Å². The van der Waals surface area contributed by atoms with Crippen LogP contribution in [0.4, 0.5) is 0 Å². The molecule has 0 aromatic heterocycles. The maximum atomic E-state index is 12.4. The summed E-state index contributed by atoms with van der Waals surface area (Å²) in [5, 5.41) is 0. The van der Waals surface area contributed by atoms with E-state index in [2.05, 4.69) is 26.0 Å². The zero-order chi connectivity index (χ0) is 14.0. The molecule has 2 rings (SSSR count). The molecule has 1 heterocycles. The summed E-state index contributed by atoms with van der Waals surface area (Å²) < 4.78 is 0. The molecule has 1 aromatic carbocycles. The van der Waals surface area contributed by atoms with Crippen molar-refractivity contribution in [1.29, 1.82) is 0 Å².